The van der Waals surface area contributed by atoms with E-state index in [4.69, 9.17) is 0 Å². The highest BCUT2D eigenvalue weighted by Gasteiger charge is 2.37. The van der Waals surface area contributed by atoms with Crippen molar-refractivity contribution in [3.8, 4) is 0 Å². The Kier molecular flexibility index (Phi) is 2.17. The summed E-state index contributed by atoms with van der Waals surface area (Å²) in [5, 5.41) is 6.05. The number of anilines is 1. The maximum atomic E-state index is 13.2. The van der Waals surface area contributed by atoms with Gasteiger partial charge in [-0.3, -0.25) is 4.79 Å². The highest BCUT2D eigenvalue weighted by atomic mass is 19.1. The molecule has 4 heteroatoms. The van der Waals surface area contributed by atoms with Crippen LogP contribution in [-0.2, 0) is 4.79 Å². The van der Waals surface area contributed by atoms with Crippen molar-refractivity contribution in [3.05, 3.63) is 29.6 Å². The minimum absolute atomic E-state index is 0.0521. The number of rotatable bonds is 0. The van der Waals surface area contributed by atoms with Crippen LogP contribution in [0.5, 0.6) is 0 Å². The molecule has 0 aliphatic carbocycles. The summed E-state index contributed by atoms with van der Waals surface area (Å²) in [6.45, 7) is 1.58. The third-order valence-corrected chi connectivity index (χ3v) is 3.49. The Morgan fingerprint density at radius 1 is 1.31 bits per heavy atom. The number of hydrogen-bond acceptors (Lipinski definition) is 2. The van der Waals surface area contributed by atoms with E-state index in [0.717, 1.165) is 24.2 Å². The van der Waals surface area contributed by atoms with Crippen LogP contribution in [0.25, 0.3) is 0 Å². The molecular weight excluding hydrogens is 207 g/mol. The minimum atomic E-state index is -0.229. The molecule has 2 aliphatic heterocycles. The number of benzene rings is 1. The van der Waals surface area contributed by atoms with Crippen LogP contribution >= 0.6 is 0 Å². The molecule has 1 saturated heterocycles. The smallest absolute Gasteiger partial charge is 0.229 e. The second-order valence-electron chi connectivity index (χ2n) is 4.43. The van der Waals surface area contributed by atoms with Gasteiger partial charge in [0.25, 0.3) is 0 Å². The van der Waals surface area contributed by atoms with E-state index in [1.165, 1.54) is 6.07 Å². The Bertz CT molecular complexity index is 447. The summed E-state index contributed by atoms with van der Waals surface area (Å²) in [6.07, 6.45) is 0.897. The molecule has 0 spiro atoms. The van der Waals surface area contributed by atoms with Crippen molar-refractivity contribution >= 4 is 11.6 Å². The van der Waals surface area contributed by atoms with E-state index in [-0.39, 0.29) is 23.6 Å². The molecule has 3 rings (SSSR count). The molecule has 0 saturated carbocycles. The molecule has 0 radical (unpaired) electrons. The number of fused-ring (bicyclic) bond motifs is 3. The molecule has 84 valence electrons. The van der Waals surface area contributed by atoms with Crippen molar-refractivity contribution in [1.82, 2.24) is 5.32 Å². The van der Waals surface area contributed by atoms with Gasteiger partial charge in [-0.25, -0.2) is 4.39 Å². The molecule has 1 aromatic carbocycles. The van der Waals surface area contributed by atoms with Crippen molar-refractivity contribution in [3.63, 3.8) is 0 Å². The Balaban J connectivity index is 2.07. The number of halogens is 1. The quantitative estimate of drug-likeness (QED) is 0.695. The topological polar surface area (TPSA) is 41.1 Å². The Morgan fingerprint density at radius 2 is 2.19 bits per heavy atom. The molecule has 1 amide bonds. The lowest BCUT2D eigenvalue weighted by molar-refractivity contribution is -0.121. The van der Waals surface area contributed by atoms with Crippen LogP contribution in [0.2, 0.25) is 0 Å². The van der Waals surface area contributed by atoms with E-state index in [0.29, 0.717) is 6.54 Å². The molecule has 2 heterocycles. The van der Waals surface area contributed by atoms with Crippen LogP contribution in [0.15, 0.2) is 18.2 Å². The van der Waals surface area contributed by atoms with Crippen molar-refractivity contribution in [2.75, 3.05) is 18.4 Å². The Hall–Kier alpha value is -1.42. The first kappa shape index (κ1) is 9.78. The lowest BCUT2D eigenvalue weighted by Crippen LogP contribution is -2.44. The SMILES string of the molecule is O=C1Nc2ccc(F)cc2C2CCNCC12. The molecule has 1 fully saturated rings. The summed E-state index contributed by atoms with van der Waals surface area (Å²) >= 11 is 0. The van der Waals surface area contributed by atoms with Crippen LogP contribution in [-0.4, -0.2) is 19.0 Å². The van der Waals surface area contributed by atoms with Gasteiger partial charge in [0.1, 0.15) is 5.82 Å². The number of carbonyl (C=O) groups excluding carboxylic acids is 1. The van der Waals surface area contributed by atoms with Gasteiger partial charge in [-0.15, -0.1) is 0 Å². The maximum absolute atomic E-state index is 13.2. The summed E-state index contributed by atoms with van der Waals surface area (Å²) in [5.74, 6) is -0.0627. The first-order valence-corrected chi connectivity index (χ1v) is 5.57. The van der Waals surface area contributed by atoms with Crippen LogP contribution in [0.1, 0.15) is 17.9 Å². The van der Waals surface area contributed by atoms with E-state index in [9.17, 15) is 9.18 Å². The third-order valence-electron chi connectivity index (χ3n) is 3.49. The lowest BCUT2D eigenvalue weighted by Gasteiger charge is -2.36. The molecular formula is C12H13FN2O. The van der Waals surface area contributed by atoms with Gasteiger partial charge in [0, 0.05) is 18.2 Å². The van der Waals surface area contributed by atoms with E-state index in [2.05, 4.69) is 10.6 Å². The van der Waals surface area contributed by atoms with Gasteiger partial charge in [0.15, 0.2) is 0 Å². The fourth-order valence-electron chi connectivity index (χ4n) is 2.69. The van der Waals surface area contributed by atoms with Gasteiger partial charge < -0.3 is 10.6 Å². The van der Waals surface area contributed by atoms with Gasteiger partial charge in [-0.05, 0) is 36.7 Å². The third kappa shape index (κ3) is 1.41. The standard InChI is InChI=1S/C12H13FN2O/c13-7-1-2-11-9(5-7)8-3-4-14-6-10(8)12(16)15-11/h1-2,5,8,10,14H,3-4,6H2,(H,15,16). The monoisotopic (exact) mass is 220 g/mol. The Morgan fingerprint density at radius 3 is 3.06 bits per heavy atom. The molecule has 2 atom stereocenters. The van der Waals surface area contributed by atoms with E-state index in [1.807, 2.05) is 0 Å². The van der Waals surface area contributed by atoms with Gasteiger partial charge in [-0.2, -0.15) is 0 Å². The number of carbonyl (C=O) groups is 1. The molecule has 2 N–H and O–H groups in total. The summed E-state index contributed by atoms with van der Waals surface area (Å²) in [6, 6.07) is 4.60. The van der Waals surface area contributed by atoms with Crippen molar-refractivity contribution in [1.29, 1.82) is 0 Å². The highest BCUT2D eigenvalue weighted by Crippen LogP contribution is 2.39. The molecule has 0 bridgehead atoms. The van der Waals surface area contributed by atoms with E-state index in [1.54, 1.807) is 12.1 Å². The normalized spacial score (nSPS) is 27.9. The van der Waals surface area contributed by atoms with Crippen molar-refractivity contribution in [2.24, 2.45) is 5.92 Å². The number of nitrogens with one attached hydrogen (secondary N) is 2. The lowest BCUT2D eigenvalue weighted by atomic mass is 9.77. The highest BCUT2D eigenvalue weighted by molar-refractivity contribution is 5.96. The maximum Gasteiger partial charge on any atom is 0.229 e. The fraction of sp³-hybridized carbons (Fsp3) is 0.417. The van der Waals surface area contributed by atoms with E-state index < -0.39 is 0 Å². The molecule has 2 unspecified atom stereocenters. The average Bonchev–Trinajstić information content (AvgIpc) is 2.31. The van der Waals surface area contributed by atoms with Crippen LogP contribution in [0.4, 0.5) is 10.1 Å². The average molecular weight is 220 g/mol. The number of hydrogen-bond donors (Lipinski definition) is 2. The fourth-order valence-corrected chi connectivity index (χ4v) is 2.69. The largest absolute Gasteiger partial charge is 0.326 e. The summed E-state index contributed by atoms with van der Waals surface area (Å²) in [4.78, 5) is 11.8. The molecule has 16 heavy (non-hydrogen) atoms. The van der Waals surface area contributed by atoms with Crippen LogP contribution in [0.3, 0.4) is 0 Å². The van der Waals surface area contributed by atoms with Crippen molar-refractivity contribution < 1.29 is 9.18 Å². The molecule has 0 aromatic heterocycles. The van der Waals surface area contributed by atoms with Gasteiger partial charge >= 0.3 is 0 Å². The van der Waals surface area contributed by atoms with Crippen molar-refractivity contribution in [2.45, 2.75) is 12.3 Å². The van der Waals surface area contributed by atoms with Crippen LogP contribution < -0.4 is 10.6 Å². The number of piperidine rings is 1. The molecule has 3 nitrogen and oxygen atoms in total. The summed E-state index contributed by atoms with van der Waals surface area (Å²) < 4.78 is 13.2. The van der Waals surface area contributed by atoms with E-state index >= 15 is 0 Å². The first-order chi connectivity index (χ1) is 7.75. The first-order valence-electron chi connectivity index (χ1n) is 5.57. The summed E-state index contributed by atoms with van der Waals surface area (Å²) in [7, 11) is 0. The predicted octanol–water partition coefficient (Wildman–Crippen LogP) is 1.47. The zero-order valence-corrected chi connectivity index (χ0v) is 8.79. The summed E-state index contributed by atoms with van der Waals surface area (Å²) in [5.41, 5.74) is 1.72. The minimum Gasteiger partial charge on any atom is -0.326 e. The molecule has 1 aromatic rings. The predicted molar refractivity (Wildman–Crippen MR) is 58.7 cm³/mol. The van der Waals surface area contributed by atoms with Crippen LogP contribution in [0, 0.1) is 11.7 Å². The zero-order chi connectivity index (χ0) is 11.1. The zero-order valence-electron chi connectivity index (χ0n) is 8.79. The molecule has 2 aliphatic rings. The Labute approximate surface area is 93.0 Å². The van der Waals surface area contributed by atoms with Gasteiger partial charge in [-0.1, -0.05) is 0 Å². The van der Waals surface area contributed by atoms with Gasteiger partial charge in [0.2, 0.25) is 5.91 Å². The van der Waals surface area contributed by atoms with Gasteiger partial charge in [0.05, 0.1) is 5.92 Å². The number of amides is 1. The second kappa shape index (κ2) is 3.56. The second-order valence-corrected chi connectivity index (χ2v) is 4.43.